The van der Waals surface area contributed by atoms with Crippen molar-refractivity contribution in [3.8, 4) is 0 Å². The highest BCUT2D eigenvalue weighted by Crippen LogP contribution is 2.10. The Balaban J connectivity index is 3.27. The molecule has 0 spiro atoms. The van der Waals surface area contributed by atoms with Crippen LogP contribution in [0.2, 0.25) is 10.4 Å². The molecule has 0 bridgehead atoms. The Morgan fingerprint density at radius 1 is 1.70 bits per heavy atom. The van der Waals surface area contributed by atoms with E-state index in [4.69, 9.17) is 30.1 Å². The van der Waals surface area contributed by atoms with Crippen LogP contribution >= 0.6 is 23.2 Å². The second kappa shape index (κ2) is 3.17. The van der Waals surface area contributed by atoms with Crippen LogP contribution in [-0.4, -0.2) is 9.97 Å². The van der Waals surface area contributed by atoms with Crippen LogP contribution in [0.1, 0.15) is 19.4 Å². The molecular weight excluding hydrogens is 171 g/mol. The second-order valence-electron chi connectivity index (χ2n) is 1.47. The molecule has 0 aromatic carbocycles. The van der Waals surface area contributed by atoms with E-state index in [2.05, 4.69) is 9.97 Å². The van der Waals surface area contributed by atoms with Gasteiger partial charge in [0.15, 0.2) is 0 Å². The fraction of sp³-hybridized carbons (Fsp3) is 0.333. The van der Waals surface area contributed by atoms with E-state index in [1.165, 1.54) is 0 Å². The molecule has 0 fully saturated rings. The van der Waals surface area contributed by atoms with E-state index in [0.29, 0.717) is 0 Å². The zero-order chi connectivity index (χ0) is 11.9. The molecular formula is C6H6Cl2N2. The van der Waals surface area contributed by atoms with E-state index < -0.39 is 13.2 Å². The van der Waals surface area contributed by atoms with E-state index in [0.717, 1.165) is 6.07 Å². The van der Waals surface area contributed by atoms with Crippen LogP contribution in [0.3, 0.4) is 0 Å². The van der Waals surface area contributed by atoms with Crippen molar-refractivity contribution >= 4 is 23.2 Å². The summed E-state index contributed by atoms with van der Waals surface area (Å²) >= 11 is 11.0. The molecule has 10 heavy (non-hydrogen) atoms. The largest absolute Gasteiger partial charge is 0.224 e. The summed E-state index contributed by atoms with van der Waals surface area (Å²) in [6.07, 6.45) is -2.61. The normalized spacial score (nSPS) is 20.0. The van der Waals surface area contributed by atoms with Gasteiger partial charge in [-0.15, -0.1) is 0 Å². The van der Waals surface area contributed by atoms with E-state index in [9.17, 15) is 0 Å². The topological polar surface area (TPSA) is 25.8 Å². The van der Waals surface area contributed by atoms with Gasteiger partial charge in [-0.1, -0.05) is 18.5 Å². The number of halogens is 2. The molecule has 1 aromatic rings. The minimum absolute atomic E-state index is 0.0990. The van der Waals surface area contributed by atoms with E-state index in [1.807, 2.05) is 0 Å². The lowest BCUT2D eigenvalue weighted by Crippen LogP contribution is -1.89. The van der Waals surface area contributed by atoms with E-state index >= 15 is 0 Å². The highest BCUT2D eigenvalue weighted by molar-refractivity contribution is 6.31. The highest BCUT2D eigenvalue weighted by atomic mass is 35.5. The fourth-order valence-corrected chi connectivity index (χ4v) is 0.863. The van der Waals surface area contributed by atoms with Crippen molar-refractivity contribution in [2.24, 2.45) is 0 Å². The zero-order valence-electron chi connectivity index (χ0n) is 9.73. The van der Waals surface area contributed by atoms with Crippen molar-refractivity contribution in [2.45, 2.75) is 13.2 Å². The molecule has 0 unspecified atom stereocenters. The van der Waals surface area contributed by atoms with Crippen LogP contribution < -0.4 is 0 Å². The van der Waals surface area contributed by atoms with Gasteiger partial charge in [0.05, 0.1) is 0 Å². The quantitative estimate of drug-likeness (QED) is 0.492. The minimum Gasteiger partial charge on any atom is -0.223 e. The standard InChI is InChI=1S/C6H6Cl2N2/c1-2-4-3-5(7)10-6(8)9-4/h3H,2H2,1H3/i1D3,2D2. The molecule has 1 rings (SSSR count). The number of hydrogen-bond donors (Lipinski definition) is 0. The monoisotopic (exact) mass is 181 g/mol. The lowest BCUT2D eigenvalue weighted by molar-refractivity contribution is 0.999. The predicted octanol–water partition coefficient (Wildman–Crippen LogP) is 2.35. The number of rotatable bonds is 1. The maximum Gasteiger partial charge on any atom is 0.224 e. The van der Waals surface area contributed by atoms with Gasteiger partial charge in [-0.2, -0.15) is 0 Å². The molecule has 0 saturated heterocycles. The molecule has 4 heteroatoms. The summed E-state index contributed by atoms with van der Waals surface area (Å²) in [5, 5.41) is -0.385. The van der Waals surface area contributed by atoms with E-state index in [-0.39, 0.29) is 16.1 Å². The zero-order valence-corrected chi connectivity index (χ0v) is 6.24. The SMILES string of the molecule is [2H]C([2H])([2H])C([2H])([2H])c1cc(Cl)nc(Cl)n1. The lowest BCUT2D eigenvalue weighted by Gasteiger charge is -1.95. The maximum absolute atomic E-state index is 7.41. The third kappa shape index (κ3) is 1.82. The summed E-state index contributed by atoms with van der Waals surface area (Å²) in [4.78, 5) is 7.01. The van der Waals surface area contributed by atoms with Crippen LogP contribution in [-0.2, 0) is 6.37 Å². The molecule has 0 amide bonds. The van der Waals surface area contributed by atoms with Gasteiger partial charge in [-0.25, -0.2) is 9.97 Å². The average molecular weight is 182 g/mol. The average Bonchev–Trinajstić information content (AvgIpc) is 1.99. The Bertz CT molecular complexity index is 358. The molecule has 54 valence electrons. The van der Waals surface area contributed by atoms with Gasteiger partial charge in [0.2, 0.25) is 5.28 Å². The first kappa shape index (κ1) is 3.37. The summed E-state index contributed by atoms with van der Waals surface area (Å²) in [6, 6.07) is 1.04. The smallest absolute Gasteiger partial charge is 0.223 e. The van der Waals surface area contributed by atoms with Crippen molar-refractivity contribution in [3.63, 3.8) is 0 Å². The summed E-state index contributed by atoms with van der Waals surface area (Å²) in [6.45, 7) is -2.84. The lowest BCUT2D eigenvalue weighted by atomic mass is 10.3. The Morgan fingerprint density at radius 2 is 2.50 bits per heavy atom. The van der Waals surface area contributed by atoms with Crippen molar-refractivity contribution in [1.82, 2.24) is 9.97 Å². The summed E-state index contributed by atoms with van der Waals surface area (Å²) in [5.74, 6) is 0. The number of aryl methyl sites for hydroxylation is 1. The van der Waals surface area contributed by atoms with Crippen LogP contribution in [0.15, 0.2) is 6.07 Å². The molecule has 0 aliphatic carbocycles. The summed E-state index contributed by atoms with van der Waals surface area (Å²) in [7, 11) is 0. The first-order chi connectivity index (χ1) is 6.64. The number of nitrogens with zero attached hydrogens (tertiary/aromatic N) is 2. The van der Waals surface area contributed by atoms with Gasteiger partial charge < -0.3 is 0 Å². The van der Waals surface area contributed by atoms with Crippen molar-refractivity contribution < 1.29 is 6.85 Å². The van der Waals surface area contributed by atoms with Gasteiger partial charge in [0, 0.05) is 12.5 Å². The third-order valence-electron chi connectivity index (χ3n) is 0.796. The van der Waals surface area contributed by atoms with Crippen molar-refractivity contribution in [3.05, 3.63) is 22.2 Å². The molecule has 0 atom stereocenters. The Hall–Kier alpha value is -0.340. The first-order valence-electron chi connectivity index (χ1n) is 4.85. The molecule has 0 aliphatic heterocycles. The molecule has 0 saturated carbocycles. The van der Waals surface area contributed by atoms with Gasteiger partial charge in [-0.05, 0) is 24.0 Å². The Kier molecular flexibility index (Phi) is 1.07. The Morgan fingerprint density at radius 3 is 3.10 bits per heavy atom. The number of aromatic nitrogens is 2. The van der Waals surface area contributed by atoms with Crippen LogP contribution in [0.5, 0.6) is 0 Å². The fourth-order valence-electron chi connectivity index (χ4n) is 0.454. The van der Waals surface area contributed by atoms with Gasteiger partial charge >= 0.3 is 0 Å². The summed E-state index contributed by atoms with van der Waals surface area (Å²) < 4.78 is 35.9. The molecule has 0 N–H and O–H groups in total. The van der Waals surface area contributed by atoms with Gasteiger partial charge in [0.1, 0.15) is 5.15 Å². The van der Waals surface area contributed by atoms with Crippen LogP contribution in [0.4, 0.5) is 0 Å². The van der Waals surface area contributed by atoms with Crippen LogP contribution in [0, 0.1) is 0 Å². The minimum atomic E-state index is -2.84. The molecule has 2 nitrogen and oxygen atoms in total. The van der Waals surface area contributed by atoms with Crippen molar-refractivity contribution in [2.75, 3.05) is 0 Å². The van der Waals surface area contributed by atoms with Gasteiger partial charge in [0.25, 0.3) is 0 Å². The molecule has 1 heterocycles. The maximum atomic E-state index is 7.41. The molecule has 1 aromatic heterocycles. The van der Waals surface area contributed by atoms with Crippen molar-refractivity contribution in [1.29, 1.82) is 0 Å². The predicted molar refractivity (Wildman–Crippen MR) is 41.4 cm³/mol. The highest BCUT2D eigenvalue weighted by Gasteiger charge is 1.97. The summed E-state index contributed by atoms with van der Waals surface area (Å²) in [5.41, 5.74) is -0.354. The molecule has 0 radical (unpaired) electrons. The first-order valence-corrected chi connectivity index (χ1v) is 3.11. The van der Waals surface area contributed by atoms with E-state index in [1.54, 1.807) is 0 Å². The van der Waals surface area contributed by atoms with Gasteiger partial charge in [-0.3, -0.25) is 0 Å². The Labute approximate surface area is 76.2 Å². The van der Waals surface area contributed by atoms with Crippen LogP contribution in [0.25, 0.3) is 0 Å². The molecule has 0 aliphatic rings. The number of hydrogen-bond acceptors (Lipinski definition) is 2. The second-order valence-corrected chi connectivity index (χ2v) is 2.20. The third-order valence-corrected chi connectivity index (χ3v) is 1.16.